The largest absolute Gasteiger partial charge is 0.489 e. The van der Waals surface area contributed by atoms with Crippen LogP contribution in [-0.4, -0.2) is 61.0 Å². The molecule has 3 aliphatic rings. The molecule has 5 rings (SSSR count). The van der Waals surface area contributed by atoms with Gasteiger partial charge in [0.25, 0.3) is 11.8 Å². The number of aliphatic hydroxyl groups is 1. The number of carbonyl (C=O) groups is 3. The number of aliphatic hydroxyl groups excluding tert-OH is 1. The molecule has 2 N–H and O–H groups in total. The molecule has 0 saturated carbocycles. The van der Waals surface area contributed by atoms with Crippen LogP contribution in [0, 0.1) is 0 Å². The number of benzene rings is 1. The fraction of sp³-hybridized carbons (Fsp3) is 0.350. The molecule has 0 radical (unpaired) electrons. The predicted octanol–water partition coefficient (Wildman–Crippen LogP) is 2.02. The second kappa shape index (κ2) is 7.70. The first kappa shape index (κ1) is 20.1. The van der Waals surface area contributed by atoms with Crippen molar-refractivity contribution in [2.75, 3.05) is 29.5 Å². The van der Waals surface area contributed by atoms with Crippen molar-refractivity contribution in [3.8, 4) is 5.75 Å². The van der Waals surface area contributed by atoms with Gasteiger partial charge in [-0.2, -0.15) is 0 Å². The van der Waals surface area contributed by atoms with E-state index in [-0.39, 0.29) is 25.0 Å². The molecule has 1 aromatic heterocycles. The molecule has 4 heterocycles. The van der Waals surface area contributed by atoms with E-state index < -0.39 is 24.3 Å². The lowest BCUT2D eigenvalue weighted by Crippen LogP contribution is -2.47. The normalized spacial score (nSPS) is 24.5. The number of cyclic esters (lactones) is 1. The molecule has 1 aromatic carbocycles. The monoisotopic (exact) mass is 463 g/mol. The molecule has 3 amide bonds. The van der Waals surface area contributed by atoms with Crippen LogP contribution in [0.15, 0.2) is 30.3 Å². The number of rotatable bonds is 4. The highest BCUT2D eigenvalue weighted by Crippen LogP contribution is 2.41. The van der Waals surface area contributed by atoms with E-state index in [0.29, 0.717) is 39.3 Å². The van der Waals surface area contributed by atoms with E-state index in [0.717, 1.165) is 0 Å². The minimum absolute atomic E-state index is 0.137. The van der Waals surface area contributed by atoms with Crippen LogP contribution in [-0.2, 0) is 9.53 Å². The molecule has 0 aliphatic carbocycles. The number of fused-ring (bicyclic) bond motifs is 3. The number of ether oxygens (including phenoxy) is 2. The first-order chi connectivity index (χ1) is 14.9. The number of carbonyl (C=O) groups excluding carboxylic acids is 3. The van der Waals surface area contributed by atoms with Crippen LogP contribution in [0.4, 0.5) is 16.2 Å². The molecule has 0 unspecified atom stereocenters. The number of anilines is 2. The third kappa shape index (κ3) is 3.50. The molecule has 11 heteroatoms. The minimum atomic E-state index is -0.990. The predicted molar refractivity (Wildman–Crippen MR) is 113 cm³/mol. The number of nitrogens with zero attached hydrogens (tertiary/aromatic N) is 2. The number of amides is 3. The Kier molecular flexibility index (Phi) is 4.99. The Hall–Kier alpha value is -2.82. The summed E-state index contributed by atoms with van der Waals surface area (Å²) in [4.78, 5) is 40.4. The number of nitrogens with one attached hydrogen (secondary N) is 1. The lowest BCUT2D eigenvalue weighted by molar-refractivity contribution is -0.124. The molecular weight excluding hydrogens is 446 g/mol. The highest BCUT2D eigenvalue weighted by atomic mass is 35.5. The molecule has 9 nitrogen and oxygen atoms in total. The summed E-state index contributed by atoms with van der Waals surface area (Å²) in [5.74, 6) is -0.180. The number of halogens is 1. The maximum Gasteiger partial charge on any atom is 0.415 e. The van der Waals surface area contributed by atoms with Crippen LogP contribution in [0.5, 0.6) is 5.75 Å². The van der Waals surface area contributed by atoms with Crippen LogP contribution < -0.4 is 19.9 Å². The zero-order chi connectivity index (χ0) is 21.7. The summed E-state index contributed by atoms with van der Waals surface area (Å²) in [5, 5.41) is 12.5. The summed E-state index contributed by atoms with van der Waals surface area (Å²) in [6, 6.07) is 7.98. The van der Waals surface area contributed by atoms with Crippen molar-refractivity contribution >= 4 is 52.2 Å². The van der Waals surface area contributed by atoms with E-state index in [2.05, 4.69) is 5.32 Å². The molecule has 0 bridgehead atoms. The van der Waals surface area contributed by atoms with Gasteiger partial charge in [-0.3, -0.25) is 14.5 Å². The van der Waals surface area contributed by atoms with Gasteiger partial charge in [0.2, 0.25) is 0 Å². The van der Waals surface area contributed by atoms with Crippen LogP contribution in [0.2, 0.25) is 4.34 Å². The van der Waals surface area contributed by atoms with Gasteiger partial charge in [-0.25, -0.2) is 4.79 Å². The van der Waals surface area contributed by atoms with Crippen molar-refractivity contribution in [3.63, 3.8) is 0 Å². The van der Waals surface area contributed by atoms with Crippen LogP contribution in [0.25, 0.3) is 0 Å². The number of hydrogen-bond donors (Lipinski definition) is 2. The van der Waals surface area contributed by atoms with E-state index in [1.807, 2.05) is 0 Å². The zero-order valence-corrected chi connectivity index (χ0v) is 17.7. The Balaban J connectivity index is 1.30. The van der Waals surface area contributed by atoms with Crippen LogP contribution in [0.1, 0.15) is 16.1 Å². The molecule has 2 aromatic rings. The van der Waals surface area contributed by atoms with Crippen molar-refractivity contribution in [2.24, 2.45) is 0 Å². The van der Waals surface area contributed by atoms with Crippen molar-refractivity contribution in [2.45, 2.75) is 24.7 Å². The second-order valence-electron chi connectivity index (χ2n) is 7.43. The molecule has 162 valence electrons. The minimum Gasteiger partial charge on any atom is -0.489 e. The third-order valence-electron chi connectivity index (χ3n) is 5.57. The summed E-state index contributed by atoms with van der Waals surface area (Å²) in [7, 11) is 0. The van der Waals surface area contributed by atoms with Gasteiger partial charge in [0, 0.05) is 24.7 Å². The van der Waals surface area contributed by atoms with Crippen molar-refractivity contribution < 1.29 is 29.0 Å². The molecule has 3 aliphatic heterocycles. The Bertz CT molecular complexity index is 1070. The van der Waals surface area contributed by atoms with Gasteiger partial charge in [-0.1, -0.05) is 11.6 Å². The summed E-state index contributed by atoms with van der Waals surface area (Å²) in [5.41, 5.74) is 1.14. The van der Waals surface area contributed by atoms with Crippen molar-refractivity contribution in [1.82, 2.24) is 5.32 Å². The highest BCUT2D eigenvalue weighted by Gasteiger charge is 2.47. The Labute approximate surface area is 186 Å². The Morgan fingerprint density at radius 2 is 2.13 bits per heavy atom. The summed E-state index contributed by atoms with van der Waals surface area (Å²) < 4.78 is 11.9. The van der Waals surface area contributed by atoms with Gasteiger partial charge in [-0.05, 0) is 24.3 Å². The van der Waals surface area contributed by atoms with Gasteiger partial charge >= 0.3 is 6.09 Å². The van der Waals surface area contributed by atoms with Gasteiger partial charge < -0.3 is 24.8 Å². The van der Waals surface area contributed by atoms with Gasteiger partial charge in [0.15, 0.2) is 0 Å². The lowest BCUT2D eigenvalue weighted by atomic mass is 10.1. The Morgan fingerprint density at radius 1 is 1.29 bits per heavy atom. The standard InChI is InChI=1S/C20H18ClN3O6S/c21-17-4-3-16(31-17)18(26)22-8-15-12-9-29-14-7-10(23-6-5-13(25)19(23)27)1-2-11(14)24(12)20(28)30-15/h1-4,7,12-13,15,25H,5-6,8-9H2,(H,22,26)/t12-,13-,15-/m0/s1. The average molecular weight is 464 g/mol. The van der Waals surface area contributed by atoms with Crippen molar-refractivity contribution in [1.29, 1.82) is 0 Å². The quantitative estimate of drug-likeness (QED) is 0.718. The maximum atomic E-state index is 12.6. The molecule has 0 spiro atoms. The molecule has 2 fully saturated rings. The van der Waals surface area contributed by atoms with E-state index in [1.54, 1.807) is 30.3 Å². The molecule has 2 saturated heterocycles. The highest BCUT2D eigenvalue weighted by molar-refractivity contribution is 7.18. The smallest absolute Gasteiger partial charge is 0.415 e. The average Bonchev–Trinajstić information content (AvgIpc) is 3.44. The zero-order valence-electron chi connectivity index (χ0n) is 16.1. The van der Waals surface area contributed by atoms with Crippen LogP contribution >= 0.6 is 22.9 Å². The third-order valence-corrected chi connectivity index (χ3v) is 6.80. The van der Waals surface area contributed by atoms with E-state index in [4.69, 9.17) is 21.1 Å². The fourth-order valence-electron chi connectivity index (χ4n) is 4.00. The van der Waals surface area contributed by atoms with E-state index in [9.17, 15) is 19.5 Å². The van der Waals surface area contributed by atoms with Gasteiger partial charge in [0.05, 0.1) is 21.4 Å². The van der Waals surface area contributed by atoms with Crippen molar-refractivity contribution in [3.05, 3.63) is 39.5 Å². The molecule has 31 heavy (non-hydrogen) atoms. The first-order valence-corrected chi connectivity index (χ1v) is 10.9. The summed E-state index contributed by atoms with van der Waals surface area (Å²) in [6.07, 6.45) is -1.71. The van der Waals surface area contributed by atoms with Gasteiger partial charge in [-0.15, -0.1) is 11.3 Å². The van der Waals surface area contributed by atoms with Gasteiger partial charge in [0.1, 0.15) is 30.6 Å². The summed E-state index contributed by atoms with van der Waals surface area (Å²) >= 11 is 7.04. The second-order valence-corrected chi connectivity index (χ2v) is 9.15. The lowest BCUT2D eigenvalue weighted by Gasteiger charge is -2.32. The summed E-state index contributed by atoms with van der Waals surface area (Å²) in [6.45, 7) is 0.743. The number of thiophene rings is 1. The molecule has 3 atom stereocenters. The SMILES string of the molecule is O=C(NC[C@@H]1OC(=O)N2c3ccc(N4CC[C@H](O)C4=O)cc3OC[C@@H]12)c1ccc(Cl)s1. The maximum absolute atomic E-state index is 12.6. The fourth-order valence-corrected chi connectivity index (χ4v) is 4.96. The molecular formula is C20H18ClN3O6S. The van der Waals surface area contributed by atoms with E-state index in [1.165, 1.54) is 21.1 Å². The van der Waals surface area contributed by atoms with E-state index >= 15 is 0 Å². The van der Waals surface area contributed by atoms with Crippen LogP contribution in [0.3, 0.4) is 0 Å². The topological polar surface area (TPSA) is 108 Å². The Morgan fingerprint density at radius 3 is 2.84 bits per heavy atom. The first-order valence-electron chi connectivity index (χ1n) is 9.72. The number of hydrogen-bond acceptors (Lipinski definition) is 7.